The number of hydrogen-bond donors (Lipinski definition) is 2. The molecule has 1 unspecified atom stereocenters. The zero-order valence-electron chi connectivity index (χ0n) is 10.4. The van der Waals surface area contributed by atoms with Crippen molar-refractivity contribution in [3.63, 3.8) is 0 Å². The maximum Gasteiger partial charge on any atom is 0.0687 e. The van der Waals surface area contributed by atoms with Crippen LogP contribution >= 0.6 is 0 Å². The highest BCUT2D eigenvalue weighted by molar-refractivity contribution is 4.90. The van der Waals surface area contributed by atoms with Crippen LogP contribution < -0.4 is 5.32 Å². The van der Waals surface area contributed by atoms with Crippen molar-refractivity contribution in [1.29, 1.82) is 0 Å². The molecule has 0 aliphatic carbocycles. The highest BCUT2D eigenvalue weighted by Gasteiger charge is 2.19. The molecule has 3 heteroatoms. The Bertz CT molecular complexity index is 227. The van der Waals surface area contributed by atoms with Gasteiger partial charge in [0, 0.05) is 25.7 Å². The van der Waals surface area contributed by atoms with Crippen LogP contribution in [0.1, 0.15) is 26.7 Å². The van der Waals surface area contributed by atoms with E-state index in [-0.39, 0.29) is 6.10 Å². The van der Waals surface area contributed by atoms with E-state index in [0.717, 1.165) is 32.5 Å². The first-order valence-corrected chi connectivity index (χ1v) is 6.20. The van der Waals surface area contributed by atoms with Gasteiger partial charge in [-0.05, 0) is 18.8 Å². The summed E-state index contributed by atoms with van der Waals surface area (Å²) in [5.74, 6) is 3.01. The van der Waals surface area contributed by atoms with Gasteiger partial charge < -0.3 is 10.4 Å². The van der Waals surface area contributed by atoms with E-state index >= 15 is 0 Å². The number of likely N-dealkylation sites (tertiary alicyclic amines) is 1. The fraction of sp³-hybridized carbons (Fsp3) is 0.846. The van der Waals surface area contributed by atoms with Gasteiger partial charge in [-0.2, -0.15) is 0 Å². The fourth-order valence-corrected chi connectivity index (χ4v) is 1.95. The van der Waals surface area contributed by atoms with Gasteiger partial charge in [0.15, 0.2) is 0 Å². The van der Waals surface area contributed by atoms with E-state index < -0.39 is 0 Å². The molecule has 1 fully saturated rings. The van der Waals surface area contributed by atoms with Gasteiger partial charge in [-0.25, -0.2) is 0 Å². The molecule has 16 heavy (non-hydrogen) atoms. The van der Waals surface area contributed by atoms with Crippen LogP contribution in [0.5, 0.6) is 0 Å². The third-order valence-corrected chi connectivity index (χ3v) is 3.29. The topological polar surface area (TPSA) is 35.5 Å². The molecule has 92 valence electrons. The molecule has 1 heterocycles. The minimum absolute atomic E-state index is 0.233. The van der Waals surface area contributed by atoms with Crippen molar-refractivity contribution >= 4 is 0 Å². The van der Waals surface area contributed by atoms with E-state index in [4.69, 9.17) is 6.42 Å². The molecule has 0 aromatic carbocycles. The monoisotopic (exact) mass is 224 g/mol. The molecule has 1 saturated heterocycles. The lowest BCUT2D eigenvalue weighted by Gasteiger charge is -2.32. The number of rotatable bonds is 5. The van der Waals surface area contributed by atoms with Crippen molar-refractivity contribution in [2.45, 2.75) is 38.8 Å². The maximum atomic E-state index is 9.69. The summed E-state index contributed by atoms with van der Waals surface area (Å²) in [6.07, 6.45) is 7.32. The van der Waals surface area contributed by atoms with Crippen LogP contribution in [-0.2, 0) is 0 Å². The molecular formula is C13H24N2O. The van der Waals surface area contributed by atoms with Crippen LogP contribution in [0, 0.1) is 18.3 Å². The average Bonchev–Trinajstić information content (AvgIpc) is 2.28. The first kappa shape index (κ1) is 13.5. The summed E-state index contributed by atoms with van der Waals surface area (Å²) < 4.78 is 0. The van der Waals surface area contributed by atoms with Crippen molar-refractivity contribution < 1.29 is 5.11 Å². The number of terminal acetylenes is 1. The van der Waals surface area contributed by atoms with Crippen LogP contribution in [0.3, 0.4) is 0 Å². The second-order valence-corrected chi connectivity index (χ2v) is 4.97. The molecule has 0 spiro atoms. The van der Waals surface area contributed by atoms with Crippen molar-refractivity contribution in [3.05, 3.63) is 0 Å². The SMILES string of the molecule is C#CCN1CCC(NCC(O)C(C)C)CC1. The Labute approximate surface area is 99.2 Å². The smallest absolute Gasteiger partial charge is 0.0687 e. The summed E-state index contributed by atoms with van der Waals surface area (Å²) in [6.45, 7) is 7.70. The summed E-state index contributed by atoms with van der Waals surface area (Å²) in [5, 5.41) is 13.1. The molecule has 0 aromatic heterocycles. The second kappa shape index (κ2) is 6.90. The second-order valence-electron chi connectivity index (χ2n) is 4.97. The normalized spacial score (nSPS) is 20.9. The first-order chi connectivity index (χ1) is 7.63. The summed E-state index contributed by atoms with van der Waals surface area (Å²) >= 11 is 0. The van der Waals surface area contributed by atoms with Gasteiger partial charge in [0.2, 0.25) is 0 Å². The van der Waals surface area contributed by atoms with Gasteiger partial charge >= 0.3 is 0 Å². The largest absolute Gasteiger partial charge is 0.392 e. The number of aliphatic hydroxyl groups excluding tert-OH is 1. The van der Waals surface area contributed by atoms with E-state index in [1.165, 1.54) is 0 Å². The summed E-state index contributed by atoms with van der Waals surface area (Å²) in [6, 6.07) is 0.544. The van der Waals surface area contributed by atoms with Crippen LogP contribution in [0.15, 0.2) is 0 Å². The number of aliphatic hydroxyl groups is 1. The molecule has 0 radical (unpaired) electrons. The molecular weight excluding hydrogens is 200 g/mol. The molecule has 1 aliphatic rings. The van der Waals surface area contributed by atoms with E-state index in [9.17, 15) is 5.11 Å². The van der Waals surface area contributed by atoms with Crippen molar-refractivity contribution in [2.75, 3.05) is 26.2 Å². The van der Waals surface area contributed by atoms with Crippen molar-refractivity contribution in [2.24, 2.45) is 5.92 Å². The zero-order chi connectivity index (χ0) is 12.0. The minimum Gasteiger partial charge on any atom is -0.392 e. The Morgan fingerprint density at radius 1 is 1.44 bits per heavy atom. The Hall–Kier alpha value is -0.560. The third-order valence-electron chi connectivity index (χ3n) is 3.29. The highest BCUT2D eigenvalue weighted by atomic mass is 16.3. The van der Waals surface area contributed by atoms with Crippen molar-refractivity contribution in [3.8, 4) is 12.3 Å². The lowest BCUT2D eigenvalue weighted by atomic mass is 10.0. The maximum absolute atomic E-state index is 9.69. The average molecular weight is 224 g/mol. The first-order valence-electron chi connectivity index (χ1n) is 6.20. The number of nitrogens with one attached hydrogen (secondary N) is 1. The molecule has 1 rings (SSSR count). The van der Waals surface area contributed by atoms with Gasteiger partial charge in [0.1, 0.15) is 0 Å². The van der Waals surface area contributed by atoms with Crippen LogP contribution in [0.2, 0.25) is 0 Å². The number of nitrogens with zero attached hydrogens (tertiary/aromatic N) is 1. The third kappa shape index (κ3) is 4.52. The standard InChI is InChI=1S/C13H24N2O/c1-4-7-15-8-5-12(6-9-15)14-10-13(16)11(2)3/h1,11-14,16H,5-10H2,2-3H3. The van der Waals surface area contributed by atoms with Crippen LogP contribution in [-0.4, -0.2) is 48.3 Å². The predicted molar refractivity (Wildman–Crippen MR) is 67.1 cm³/mol. The molecule has 0 saturated carbocycles. The molecule has 0 amide bonds. The van der Waals surface area contributed by atoms with Crippen LogP contribution in [0.4, 0.5) is 0 Å². The lowest BCUT2D eigenvalue weighted by Crippen LogP contribution is -2.45. The van der Waals surface area contributed by atoms with Gasteiger partial charge in [-0.15, -0.1) is 6.42 Å². The van der Waals surface area contributed by atoms with Gasteiger partial charge in [0.05, 0.1) is 12.6 Å². The number of piperidine rings is 1. The lowest BCUT2D eigenvalue weighted by molar-refractivity contribution is 0.113. The molecule has 0 aromatic rings. The van der Waals surface area contributed by atoms with E-state index in [0.29, 0.717) is 18.5 Å². The Morgan fingerprint density at radius 2 is 2.06 bits per heavy atom. The summed E-state index contributed by atoms with van der Waals surface area (Å²) in [5.41, 5.74) is 0. The molecule has 3 nitrogen and oxygen atoms in total. The molecule has 0 bridgehead atoms. The molecule has 2 N–H and O–H groups in total. The predicted octanol–water partition coefficient (Wildman–Crippen LogP) is 0.690. The quantitative estimate of drug-likeness (QED) is 0.675. The minimum atomic E-state index is -0.233. The number of hydrogen-bond acceptors (Lipinski definition) is 3. The Kier molecular flexibility index (Phi) is 5.83. The Balaban J connectivity index is 2.15. The zero-order valence-corrected chi connectivity index (χ0v) is 10.4. The molecule has 1 aliphatic heterocycles. The Morgan fingerprint density at radius 3 is 2.56 bits per heavy atom. The van der Waals surface area contributed by atoms with E-state index in [2.05, 4.69) is 16.1 Å². The summed E-state index contributed by atoms with van der Waals surface area (Å²) in [4.78, 5) is 2.30. The highest BCUT2D eigenvalue weighted by Crippen LogP contribution is 2.10. The fourth-order valence-electron chi connectivity index (χ4n) is 1.95. The molecule has 1 atom stereocenters. The van der Waals surface area contributed by atoms with Gasteiger partial charge in [-0.1, -0.05) is 19.8 Å². The van der Waals surface area contributed by atoms with E-state index in [1.807, 2.05) is 13.8 Å². The summed E-state index contributed by atoms with van der Waals surface area (Å²) in [7, 11) is 0. The van der Waals surface area contributed by atoms with E-state index in [1.54, 1.807) is 0 Å². The van der Waals surface area contributed by atoms with Crippen molar-refractivity contribution in [1.82, 2.24) is 10.2 Å². The van der Waals surface area contributed by atoms with Gasteiger partial charge in [0.25, 0.3) is 0 Å². The van der Waals surface area contributed by atoms with Gasteiger partial charge in [-0.3, -0.25) is 4.90 Å². The van der Waals surface area contributed by atoms with Crippen LogP contribution in [0.25, 0.3) is 0 Å².